The van der Waals surface area contributed by atoms with Crippen LogP contribution in [0.2, 0.25) is 0 Å². The Morgan fingerprint density at radius 2 is 2.07 bits per heavy atom. The lowest BCUT2D eigenvalue weighted by Gasteiger charge is -2.08. The van der Waals surface area contributed by atoms with E-state index in [4.69, 9.17) is 20.0 Å². The fourth-order valence-electron chi connectivity index (χ4n) is 3.02. The summed E-state index contributed by atoms with van der Waals surface area (Å²) in [7, 11) is 0. The van der Waals surface area contributed by atoms with Crippen LogP contribution in [0.5, 0.6) is 5.88 Å². The van der Waals surface area contributed by atoms with E-state index < -0.39 is 5.97 Å². The molecule has 0 bridgehead atoms. The van der Waals surface area contributed by atoms with Gasteiger partial charge in [0.05, 0.1) is 36.7 Å². The molecule has 0 aliphatic heterocycles. The minimum absolute atomic E-state index is 0.127. The maximum Gasteiger partial charge on any atom is 0.303 e. The highest BCUT2D eigenvalue weighted by Crippen LogP contribution is 2.27. The summed E-state index contributed by atoms with van der Waals surface area (Å²) in [5, 5.41) is 13.8. The molecule has 0 fully saturated rings. The lowest BCUT2D eigenvalue weighted by atomic mass is 10.2. The normalized spacial score (nSPS) is 11.1. The second kappa shape index (κ2) is 8.60. The Kier molecular flexibility index (Phi) is 5.55. The molecule has 4 heterocycles. The summed E-state index contributed by atoms with van der Waals surface area (Å²) >= 11 is 0. The minimum atomic E-state index is -0.804. The van der Waals surface area contributed by atoms with Crippen molar-refractivity contribution in [2.45, 2.75) is 25.8 Å². The molecular formula is C20H20N6O4. The third kappa shape index (κ3) is 4.37. The zero-order valence-electron chi connectivity index (χ0n) is 16.1. The fraction of sp³-hybridized carbons (Fsp3) is 0.250. The van der Waals surface area contributed by atoms with Gasteiger partial charge in [-0.2, -0.15) is 10.1 Å². The number of fused-ring (bicyclic) bond motifs is 1. The first kappa shape index (κ1) is 19.4. The monoisotopic (exact) mass is 408 g/mol. The summed E-state index contributed by atoms with van der Waals surface area (Å²) < 4.78 is 12.8. The molecule has 4 rings (SSSR count). The molecule has 0 atom stereocenters. The number of nitrogens with zero attached hydrogens (tertiary/aromatic N) is 5. The van der Waals surface area contributed by atoms with Gasteiger partial charge in [-0.05, 0) is 31.0 Å². The summed E-state index contributed by atoms with van der Waals surface area (Å²) in [4.78, 5) is 23.6. The smallest absolute Gasteiger partial charge is 0.303 e. The van der Waals surface area contributed by atoms with Crippen molar-refractivity contribution in [3.8, 4) is 17.3 Å². The van der Waals surface area contributed by atoms with Crippen LogP contribution < -0.4 is 10.5 Å². The van der Waals surface area contributed by atoms with Crippen molar-refractivity contribution in [3.63, 3.8) is 0 Å². The van der Waals surface area contributed by atoms with Crippen LogP contribution in [0, 0.1) is 0 Å². The SMILES string of the molecule is Nc1nc(-c2ccco2)c2cnn(Cc3cccc(OCCCCC(=O)O)n3)c2n1. The van der Waals surface area contributed by atoms with E-state index in [1.807, 2.05) is 12.1 Å². The Labute approximate surface area is 171 Å². The van der Waals surface area contributed by atoms with Crippen molar-refractivity contribution in [3.05, 3.63) is 48.5 Å². The lowest BCUT2D eigenvalue weighted by molar-refractivity contribution is -0.137. The maximum absolute atomic E-state index is 10.5. The van der Waals surface area contributed by atoms with E-state index in [9.17, 15) is 4.79 Å². The number of nitrogens with two attached hydrogens (primary N) is 1. The minimum Gasteiger partial charge on any atom is -0.481 e. The van der Waals surface area contributed by atoms with Crippen LogP contribution in [0.3, 0.4) is 0 Å². The second-order valence-electron chi connectivity index (χ2n) is 6.61. The number of nitrogen functional groups attached to an aromatic ring is 1. The van der Waals surface area contributed by atoms with Gasteiger partial charge in [-0.1, -0.05) is 6.07 Å². The number of hydrogen-bond acceptors (Lipinski definition) is 8. The Balaban J connectivity index is 1.50. The molecule has 10 nitrogen and oxygen atoms in total. The molecule has 0 aliphatic carbocycles. The van der Waals surface area contributed by atoms with Gasteiger partial charge in [0.1, 0.15) is 5.69 Å². The number of unbranched alkanes of at least 4 members (excludes halogenated alkanes) is 1. The van der Waals surface area contributed by atoms with Gasteiger partial charge in [0.15, 0.2) is 11.4 Å². The zero-order valence-corrected chi connectivity index (χ0v) is 16.1. The molecule has 0 saturated heterocycles. The van der Waals surface area contributed by atoms with Crippen molar-refractivity contribution in [1.82, 2.24) is 24.7 Å². The highest BCUT2D eigenvalue weighted by atomic mass is 16.5. The molecule has 0 radical (unpaired) electrons. The first-order valence-electron chi connectivity index (χ1n) is 9.43. The Hall–Kier alpha value is -3.95. The maximum atomic E-state index is 10.5. The second-order valence-corrected chi connectivity index (χ2v) is 6.61. The zero-order chi connectivity index (χ0) is 20.9. The van der Waals surface area contributed by atoms with Crippen LogP contribution in [-0.2, 0) is 11.3 Å². The van der Waals surface area contributed by atoms with Crippen molar-refractivity contribution >= 4 is 23.0 Å². The van der Waals surface area contributed by atoms with Crippen LogP contribution in [0.25, 0.3) is 22.5 Å². The molecule has 0 aliphatic rings. The summed E-state index contributed by atoms with van der Waals surface area (Å²) in [5.41, 5.74) is 7.80. The third-order valence-corrected chi connectivity index (χ3v) is 4.40. The molecule has 4 aromatic rings. The Morgan fingerprint density at radius 1 is 1.17 bits per heavy atom. The summed E-state index contributed by atoms with van der Waals surface area (Å²) in [6, 6.07) is 9.05. The van der Waals surface area contributed by atoms with Gasteiger partial charge >= 0.3 is 5.97 Å². The van der Waals surface area contributed by atoms with Crippen molar-refractivity contribution in [2.24, 2.45) is 0 Å². The number of carboxylic acids is 1. The standard InChI is InChI=1S/C20H20N6O4/c21-20-24-18(15-6-4-10-29-15)14-11-22-26(19(14)25-20)12-13-5-3-7-16(23-13)30-9-2-1-8-17(27)28/h3-7,10-11H,1-2,8-9,12H2,(H,27,28)(H2,21,24,25). The molecular weight excluding hydrogens is 388 g/mol. The number of rotatable bonds is 9. The predicted molar refractivity (Wildman–Crippen MR) is 108 cm³/mol. The number of carbonyl (C=O) groups is 1. The van der Waals surface area contributed by atoms with Crippen LogP contribution in [0.4, 0.5) is 5.95 Å². The van der Waals surface area contributed by atoms with Crippen molar-refractivity contribution in [2.75, 3.05) is 12.3 Å². The van der Waals surface area contributed by atoms with E-state index in [0.29, 0.717) is 49.0 Å². The third-order valence-electron chi connectivity index (χ3n) is 4.40. The molecule has 10 heteroatoms. The highest BCUT2D eigenvalue weighted by molar-refractivity contribution is 5.89. The number of aromatic nitrogens is 5. The van der Waals surface area contributed by atoms with E-state index in [2.05, 4.69) is 20.1 Å². The van der Waals surface area contributed by atoms with Gasteiger partial charge in [0.2, 0.25) is 11.8 Å². The van der Waals surface area contributed by atoms with Crippen molar-refractivity contribution < 1.29 is 19.1 Å². The average molecular weight is 408 g/mol. The van der Waals surface area contributed by atoms with Gasteiger partial charge < -0.3 is 20.0 Å². The van der Waals surface area contributed by atoms with Gasteiger partial charge in [-0.3, -0.25) is 4.79 Å². The van der Waals surface area contributed by atoms with Gasteiger partial charge in [0, 0.05) is 12.5 Å². The molecule has 30 heavy (non-hydrogen) atoms. The van der Waals surface area contributed by atoms with Crippen LogP contribution in [0.1, 0.15) is 25.0 Å². The average Bonchev–Trinajstić information content (AvgIpc) is 3.38. The van der Waals surface area contributed by atoms with Gasteiger partial charge in [0.25, 0.3) is 0 Å². The lowest BCUT2D eigenvalue weighted by Crippen LogP contribution is -2.07. The Bertz CT molecular complexity index is 1160. The summed E-state index contributed by atoms with van der Waals surface area (Å²) in [5.74, 6) is 0.387. The molecule has 0 aromatic carbocycles. The molecule has 4 aromatic heterocycles. The van der Waals surface area contributed by atoms with E-state index in [1.165, 1.54) is 0 Å². The van der Waals surface area contributed by atoms with Gasteiger partial charge in [-0.15, -0.1) is 0 Å². The van der Waals surface area contributed by atoms with E-state index >= 15 is 0 Å². The topological polar surface area (TPSA) is 142 Å². The van der Waals surface area contributed by atoms with E-state index in [0.717, 1.165) is 11.1 Å². The number of pyridine rings is 1. The number of carboxylic acid groups (broad SMARTS) is 1. The Morgan fingerprint density at radius 3 is 2.87 bits per heavy atom. The summed E-state index contributed by atoms with van der Waals surface area (Å²) in [6.45, 7) is 0.776. The quantitative estimate of drug-likeness (QED) is 0.400. The number of hydrogen-bond donors (Lipinski definition) is 2. The molecule has 0 amide bonds. The predicted octanol–water partition coefficient (Wildman–Crippen LogP) is 2.75. The molecule has 0 spiro atoms. The van der Waals surface area contributed by atoms with Crippen LogP contribution >= 0.6 is 0 Å². The van der Waals surface area contributed by atoms with Crippen LogP contribution in [-0.4, -0.2) is 42.4 Å². The first-order valence-corrected chi connectivity index (χ1v) is 9.43. The number of aliphatic carboxylic acids is 1. The molecule has 3 N–H and O–H groups in total. The van der Waals surface area contributed by atoms with Crippen LogP contribution in [0.15, 0.2) is 47.2 Å². The van der Waals surface area contributed by atoms with E-state index in [1.54, 1.807) is 35.3 Å². The first-order chi connectivity index (χ1) is 14.6. The fourth-order valence-corrected chi connectivity index (χ4v) is 3.02. The number of ether oxygens (including phenoxy) is 1. The molecule has 0 unspecified atom stereocenters. The number of anilines is 1. The highest BCUT2D eigenvalue weighted by Gasteiger charge is 2.15. The van der Waals surface area contributed by atoms with Gasteiger partial charge in [-0.25, -0.2) is 14.6 Å². The summed E-state index contributed by atoms with van der Waals surface area (Å²) in [6.07, 6.45) is 4.59. The number of furan rings is 1. The van der Waals surface area contributed by atoms with E-state index in [-0.39, 0.29) is 12.4 Å². The molecule has 154 valence electrons. The largest absolute Gasteiger partial charge is 0.481 e. The van der Waals surface area contributed by atoms with Crippen molar-refractivity contribution in [1.29, 1.82) is 0 Å². The molecule has 0 saturated carbocycles.